The number of carbonyl (C=O) groups excluding carboxylic acids is 1. The predicted octanol–water partition coefficient (Wildman–Crippen LogP) is 3.92. The first-order chi connectivity index (χ1) is 10.5. The predicted molar refractivity (Wildman–Crippen MR) is 94.0 cm³/mol. The van der Waals surface area contributed by atoms with Crippen molar-refractivity contribution in [3.05, 3.63) is 47.6 Å². The first-order valence-corrected chi connectivity index (χ1v) is 8.08. The molecule has 1 heterocycles. The van der Waals surface area contributed by atoms with Gasteiger partial charge in [-0.1, -0.05) is 11.6 Å². The number of amides is 1. The standard InChI is InChI=1S/C16H18ClN3OS/c1-11(22-14-7-4-12(17)5-8-14)16(21)19-13-6-9-15(18-10-13)20(2)3/h4-11H,1-3H3,(H,19,21)/t11-/m0/s1. The second kappa shape index (κ2) is 7.51. The van der Waals surface area contributed by atoms with Crippen molar-refractivity contribution < 1.29 is 4.79 Å². The van der Waals surface area contributed by atoms with Gasteiger partial charge in [0.1, 0.15) is 5.82 Å². The van der Waals surface area contributed by atoms with Crippen LogP contribution in [-0.4, -0.2) is 30.2 Å². The minimum Gasteiger partial charge on any atom is -0.363 e. The number of anilines is 2. The highest BCUT2D eigenvalue weighted by atomic mass is 35.5. The zero-order valence-electron chi connectivity index (χ0n) is 12.7. The molecule has 0 aliphatic carbocycles. The molecule has 4 nitrogen and oxygen atoms in total. The third-order valence-corrected chi connectivity index (χ3v) is 4.33. The van der Waals surface area contributed by atoms with Gasteiger partial charge in [-0.15, -0.1) is 11.8 Å². The van der Waals surface area contributed by atoms with E-state index in [1.54, 1.807) is 6.20 Å². The van der Waals surface area contributed by atoms with Crippen LogP contribution >= 0.6 is 23.4 Å². The summed E-state index contributed by atoms with van der Waals surface area (Å²) in [5.41, 5.74) is 0.694. The molecule has 0 fully saturated rings. The molecule has 1 aromatic carbocycles. The number of hydrogen-bond donors (Lipinski definition) is 1. The summed E-state index contributed by atoms with van der Waals surface area (Å²) >= 11 is 7.34. The molecule has 22 heavy (non-hydrogen) atoms. The Morgan fingerprint density at radius 3 is 2.45 bits per heavy atom. The Bertz CT molecular complexity index is 629. The molecule has 1 N–H and O–H groups in total. The van der Waals surface area contributed by atoms with Crippen LogP contribution in [-0.2, 0) is 4.79 Å². The first-order valence-electron chi connectivity index (χ1n) is 6.82. The van der Waals surface area contributed by atoms with Crippen molar-refractivity contribution in [2.24, 2.45) is 0 Å². The SMILES string of the molecule is C[C@H](Sc1ccc(Cl)cc1)C(=O)Nc1ccc(N(C)C)nc1. The van der Waals surface area contributed by atoms with Gasteiger partial charge in [0.25, 0.3) is 0 Å². The average Bonchev–Trinajstić information content (AvgIpc) is 2.50. The van der Waals surface area contributed by atoms with Crippen LogP contribution in [0, 0.1) is 0 Å². The highest BCUT2D eigenvalue weighted by Gasteiger charge is 2.14. The summed E-state index contributed by atoms with van der Waals surface area (Å²) < 4.78 is 0. The van der Waals surface area contributed by atoms with Crippen LogP contribution in [0.1, 0.15) is 6.92 Å². The van der Waals surface area contributed by atoms with Gasteiger partial charge in [0.05, 0.1) is 17.1 Å². The molecule has 6 heteroatoms. The van der Waals surface area contributed by atoms with Crippen molar-refractivity contribution in [2.45, 2.75) is 17.1 Å². The van der Waals surface area contributed by atoms with Gasteiger partial charge >= 0.3 is 0 Å². The molecule has 1 amide bonds. The van der Waals surface area contributed by atoms with Crippen molar-refractivity contribution >= 4 is 40.8 Å². The number of thioether (sulfide) groups is 1. The van der Waals surface area contributed by atoms with Gasteiger partial charge in [-0.25, -0.2) is 4.98 Å². The maximum absolute atomic E-state index is 12.2. The van der Waals surface area contributed by atoms with Crippen molar-refractivity contribution in [3.8, 4) is 0 Å². The number of carbonyl (C=O) groups is 1. The number of hydrogen-bond acceptors (Lipinski definition) is 4. The van der Waals surface area contributed by atoms with Crippen molar-refractivity contribution in [3.63, 3.8) is 0 Å². The van der Waals surface area contributed by atoms with Gasteiger partial charge in [-0.2, -0.15) is 0 Å². The Morgan fingerprint density at radius 2 is 1.91 bits per heavy atom. The quantitative estimate of drug-likeness (QED) is 0.841. The number of nitrogens with one attached hydrogen (secondary N) is 1. The molecule has 2 aromatic rings. The molecule has 1 atom stereocenters. The fourth-order valence-corrected chi connectivity index (χ4v) is 2.73. The summed E-state index contributed by atoms with van der Waals surface area (Å²) in [6.45, 7) is 1.87. The normalized spacial score (nSPS) is 11.8. The van der Waals surface area contributed by atoms with Crippen LogP contribution < -0.4 is 10.2 Å². The van der Waals surface area contributed by atoms with E-state index in [2.05, 4.69) is 10.3 Å². The molecule has 0 saturated carbocycles. The smallest absolute Gasteiger partial charge is 0.237 e. The van der Waals surface area contributed by atoms with E-state index in [0.29, 0.717) is 10.7 Å². The Balaban J connectivity index is 1.94. The summed E-state index contributed by atoms with van der Waals surface area (Å²) in [5.74, 6) is 0.793. The average molecular weight is 336 g/mol. The van der Waals surface area contributed by atoms with Crippen LogP contribution in [0.3, 0.4) is 0 Å². The van der Waals surface area contributed by atoms with E-state index >= 15 is 0 Å². The lowest BCUT2D eigenvalue weighted by atomic mass is 10.3. The fourth-order valence-electron chi connectivity index (χ4n) is 1.74. The first kappa shape index (κ1) is 16.6. The Kier molecular flexibility index (Phi) is 5.69. The van der Waals surface area contributed by atoms with Crippen LogP contribution in [0.4, 0.5) is 11.5 Å². The largest absolute Gasteiger partial charge is 0.363 e. The van der Waals surface area contributed by atoms with Gasteiger partial charge in [-0.05, 0) is 43.3 Å². The lowest BCUT2D eigenvalue weighted by Gasteiger charge is -2.14. The molecular weight excluding hydrogens is 318 g/mol. The molecule has 0 spiro atoms. The molecule has 0 unspecified atom stereocenters. The Morgan fingerprint density at radius 1 is 1.23 bits per heavy atom. The Hall–Kier alpha value is -1.72. The lowest BCUT2D eigenvalue weighted by molar-refractivity contribution is -0.115. The molecule has 116 valence electrons. The summed E-state index contributed by atoms with van der Waals surface area (Å²) in [4.78, 5) is 19.4. The summed E-state index contributed by atoms with van der Waals surface area (Å²) in [7, 11) is 3.84. The Labute approximate surface area is 139 Å². The third kappa shape index (κ3) is 4.64. The van der Waals surface area contributed by atoms with Crippen molar-refractivity contribution in [1.82, 2.24) is 4.98 Å². The van der Waals surface area contributed by atoms with Crippen LogP contribution in [0.2, 0.25) is 5.02 Å². The van der Waals surface area contributed by atoms with Gasteiger partial charge in [-0.3, -0.25) is 4.79 Å². The fraction of sp³-hybridized carbons (Fsp3) is 0.250. The van der Waals surface area contributed by atoms with E-state index in [9.17, 15) is 4.79 Å². The highest BCUT2D eigenvalue weighted by molar-refractivity contribution is 8.00. The van der Waals surface area contributed by atoms with E-state index < -0.39 is 0 Å². The number of halogens is 1. The van der Waals surface area contributed by atoms with Crippen molar-refractivity contribution in [1.29, 1.82) is 0 Å². The van der Waals surface area contributed by atoms with Gasteiger partial charge in [0, 0.05) is 24.0 Å². The summed E-state index contributed by atoms with van der Waals surface area (Å²) in [5, 5.41) is 3.35. The van der Waals surface area contributed by atoms with Crippen molar-refractivity contribution in [2.75, 3.05) is 24.3 Å². The molecular formula is C16H18ClN3OS. The van der Waals surface area contributed by atoms with Crippen LogP contribution in [0.15, 0.2) is 47.5 Å². The maximum Gasteiger partial charge on any atom is 0.237 e. The number of aromatic nitrogens is 1. The molecule has 0 saturated heterocycles. The monoisotopic (exact) mass is 335 g/mol. The van der Waals surface area contributed by atoms with Crippen LogP contribution in [0.25, 0.3) is 0 Å². The van der Waals surface area contributed by atoms with E-state index in [1.807, 2.05) is 62.3 Å². The lowest BCUT2D eigenvalue weighted by Crippen LogP contribution is -2.22. The van der Waals surface area contributed by atoms with E-state index in [1.165, 1.54) is 11.8 Å². The molecule has 2 rings (SSSR count). The summed E-state index contributed by atoms with van der Waals surface area (Å²) in [6, 6.07) is 11.2. The topological polar surface area (TPSA) is 45.2 Å². The second-order valence-electron chi connectivity index (χ2n) is 5.00. The zero-order valence-corrected chi connectivity index (χ0v) is 14.3. The van der Waals surface area contributed by atoms with E-state index in [0.717, 1.165) is 10.7 Å². The number of pyridine rings is 1. The molecule has 0 aliphatic heterocycles. The third-order valence-electron chi connectivity index (χ3n) is 2.97. The molecule has 0 bridgehead atoms. The van der Waals surface area contributed by atoms with Gasteiger partial charge in [0.2, 0.25) is 5.91 Å². The number of rotatable bonds is 5. The minimum atomic E-state index is -0.213. The van der Waals surface area contributed by atoms with Gasteiger partial charge < -0.3 is 10.2 Å². The molecule has 0 radical (unpaired) electrons. The second-order valence-corrected chi connectivity index (χ2v) is 6.85. The molecule has 0 aliphatic rings. The van der Waals surface area contributed by atoms with E-state index in [-0.39, 0.29) is 11.2 Å². The number of nitrogens with zero attached hydrogens (tertiary/aromatic N) is 2. The minimum absolute atomic E-state index is 0.0562. The molecule has 1 aromatic heterocycles. The van der Waals surface area contributed by atoms with Crippen LogP contribution in [0.5, 0.6) is 0 Å². The van der Waals surface area contributed by atoms with E-state index in [4.69, 9.17) is 11.6 Å². The maximum atomic E-state index is 12.2. The zero-order chi connectivity index (χ0) is 16.1. The summed E-state index contributed by atoms with van der Waals surface area (Å²) in [6.07, 6.45) is 1.66. The number of benzene rings is 1. The van der Waals surface area contributed by atoms with Gasteiger partial charge in [0.15, 0.2) is 0 Å². The highest BCUT2D eigenvalue weighted by Crippen LogP contribution is 2.25.